The molecule has 0 aromatic carbocycles. The summed E-state index contributed by atoms with van der Waals surface area (Å²) in [7, 11) is 0. The first-order valence-corrected chi connectivity index (χ1v) is 4.01. The minimum atomic E-state index is -1.07. The minimum absolute atomic E-state index is 0.102. The highest BCUT2D eigenvalue weighted by Gasteiger charge is 2.30. The van der Waals surface area contributed by atoms with Crippen molar-refractivity contribution in [2.24, 2.45) is 0 Å². The Bertz CT molecular complexity index is 270. The van der Waals surface area contributed by atoms with E-state index in [1.807, 2.05) is 0 Å². The van der Waals surface area contributed by atoms with Crippen LogP contribution in [0.2, 0.25) is 0 Å². The molecule has 1 aromatic heterocycles. The summed E-state index contributed by atoms with van der Waals surface area (Å²) in [6.07, 6.45) is 2.87. The molecule has 0 bridgehead atoms. The van der Waals surface area contributed by atoms with E-state index in [0.29, 0.717) is 5.88 Å². The Morgan fingerprint density at radius 2 is 2.38 bits per heavy atom. The molecule has 1 aliphatic rings. The van der Waals surface area contributed by atoms with Crippen molar-refractivity contribution in [3.8, 4) is 5.88 Å². The van der Waals surface area contributed by atoms with Gasteiger partial charge in [0.15, 0.2) is 12.3 Å². The predicted molar refractivity (Wildman–Crippen MR) is 42.2 cm³/mol. The average molecular weight is 184 g/mol. The number of halogens is 1. The molecule has 0 saturated carbocycles. The van der Waals surface area contributed by atoms with Crippen molar-refractivity contribution in [3.63, 3.8) is 0 Å². The van der Waals surface area contributed by atoms with Crippen molar-refractivity contribution in [3.05, 3.63) is 18.6 Å². The van der Waals surface area contributed by atoms with Crippen molar-refractivity contribution in [1.82, 2.24) is 9.97 Å². The van der Waals surface area contributed by atoms with E-state index < -0.39 is 12.3 Å². The Morgan fingerprint density at radius 1 is 1.46 bits per heavy atom. The summed E-state index contributed by atoms with van der Waals surface area (Å²) in [4.78, 5) is 7.67. The Kier molecular flexibility index (Phi) is 2.35. The quantitative estimate of drug-likeness (QED) is 0.674. The summed E-state index contributed by atoms with van der Waals surface area (Å²) in [6.45, 7) is 0.378. The summed E-state index contributed by atoms with van der Waals surface area (Å²) >= 11 is 0. The van der Waals surface area contributed by atoms with E-state index in [1.165, 1.54) is 18.6 Å². The van der Waals surface area contributed by atoms with Gasteiger partial charge in [0, 0.05) is 12.4 Å². The van der Waals surface area contributed by atoms with Gasteiger partial charge in [-0.1, -0.05) is 0 Å². The summed E-state index contributed by atoms with van der Waals surface area (Å²) < 4.78 is 23.1. The minimum Gasteiger partial charge on any atom is -0.468 e. The molecule has 1 aromatic rings. The third-order valence-electron chi connectivity index (χ3n) is 1.77. The van der Waals surface area contributed by atoms with E-state index >= 15 is 0 Å². The van der Waals surface area contributed by atoms with Crippen LogP contribution in [0.1, 0.15) is 0 Å². The van der Waals surface area contributed by atoms with E-state index in [9.17, 15) is 4.39 Å². The number of aromatic nitrogens is 2. The van der Waals surface area contributed by atoms with Crippen LogP contribution in [-0.2, 0) is 4.74 Å². The molecule has 1 aliphatic heterocycles. The first-order chi connectivity index (χ1) is 6.36. The van der Waals surface area contributed by atoms with Crippen LogP contribution < -0.4 is 4.74 Å². The van der Waals surface area contributed by atoms with Crippen LogP contribution >= 0.6 is 0 Å². The molecule has 2 heterocycles. The fourth-order valence-electron chi connectivity index (χ4n) is 1.12. The molecule has 1 saturated heterocycles. The van der Waals surface area contributed by atoms with Crippen molar-refractivity contribution in [2.75, 3.05) is 13.2 Å². The fraction of sp³-hybridized carbons (Fsp3) is 0.500. The number of hydrogen-bond donors (Lipinski definition) is 0. The first kappa shape index (κ1) is 8.37. The summed E-state index contributed by atoms with van der Waals surface area (Å²) in [5.74, 6) is 0.334. The lowest BCUT2D eigenvalue weighted by Crippen LogP contribution is -2.26. The molecule has 70 valence electrons. The average Bonchev–Trinajstić information content (AvgIpc) is 2.54. The maximum absolute atomic E-state index is 13.0. The van der Waals surface area contributed by atoms with Gasteiger partial charge in [0.25, 0.3) is 0 Å². The highest BCUT2D eigenvalue weighted by Crippen LogP contribution is 2.15. The SMILES string of the molecule is F[C@@H]1COC[C@H]1Oc1cnccn1. The molecule has 2 atom stereocenters. The predicted octanol–water partition coefficient (Wildman–Crippen LogP) is 0.592. The zero-order valence-electron chi connectivity index (χ0n) is 6.89. The second-order valence-corrected chi connectivity index (χ2v) is 2.75. The van der Waals surface area contributed by atoms with E-state index in [4.69, 9.17) is 9.47 Å². The molecule has 0 spiro atoms. The second-order valence-electron chi connectivity index (χ2n) is 2.75. The molecule has 13 heavy (non-hydrogen) atoms. The van der Waals surface area contributed by atoms with Gasteiger partial charge in [-0.3, -0.25) is 4.98 Å². The van der Waals surface area contributed by atoms with Crippen molar-refractivity contribution < 1.29 is 13.9 Å². The third kappa shape index (κ3) is 1.92. The van der Waals surface area contributed by atoms with E-state index in [2.05, 4.69) is 9.97 Å². The van der Waals surface area contributed by atoms with E-state index in [0.717, 1.165) is 0 Å². The highest BCUT2D eigenvalue weighted by molar-refractivity contribution is 5.03. The maximum atomic E-state index is 13.0. The van der Waals surface area contributed by atoms with Gasteiger partial charge in [0.2, 0.25) is 5.88 Å². The number of alkyl halides is 1. The third-order valence-corrected chi connectivity index (χ3v) is 1.77. The van der Waals surface area contributed by atoms with Gasteiger partial charge in [-0.05, 0) is 0 Å². The molecule has 0 aliphatic carbocycles. The van der Waals surface area contributed by atoms with Crippen molar-refractivity contribution >= 4 is 0 Å². The standard InChI is InChI=1S/C8H9FN2O2/c9-6-4-12-5-7(6)13-8-3-10-1-2-11-8/h1-3,6-7H,4-5H2/t6-,7-/m1/s1. The Hall–Kier alpha value is -1.23. The number of nitrogens with zero attached hydrogens (tertiary/aromatic N) is 2. The number of ether oxygens (including phenoxy) is 2. The van der Waals surface area contributed by atoms with Gasteiger partial charge < -0.3 is 9.47 Å². The van der Waals surface area contributed by atoms with Gasteiger partial charge in [0.05, 0.1) is 19.4 Å². The fourth-order valence-corrected chi connectivity index (χ4v) is 1.12. The van der Waals surface area contributed by atoms with Crippen molar-refractivity contribution in [2.45, 2.75) is 12.3 Å². The maximum Gasteiger partial charge on any atom is 0.232 e. The molecule has 0 radical (unpaired) electrons. The van der Waals surface area contributed by atoms with Crippen LogP contribution in [0.25, 0.3) is 0 Å². The molecule has 2 rings (SSSR count). The van der Waals surface area contributed by atoms with Crippen LogP contribution in [0.5, 0.6) is 5.88 Å². The van der Waals surface area contributed by atoms with E-state index in [-0.39, 0.29) is 13.2 Å². The zero-order chi connectivity index (χ0) is 9.10. The van der Waals surface area contributed by atoms with Gasteiger partial charge in [-0.2, -0.15) is 0 Å². The molecular formula is C8H9FN2O2. The Labute approximate surface area is 74.7 Å². The van der Waals surface area contributed by atoms with Crippen LogP contribution in [0, 0.1) is 0 Å². The highest BCUT2D eigenvalue weighted by atomic mass is 19.1. The lowest BCUT2D eigenvalue weighted by atomic mass is 10.3. The lowest BCUT2D eigenvalue weighted by Gasteiger charge is -2.11. The van der Waals surface area contributed by atoms with Crippen molar-refractivity contribution in [1.29, 1.82) is 0 Å². The lowest BCUT2D eigenvalue weighted by molar-refractivity contribution is 0.123. The topological polar surface area (TPSA) is 44.2 Å². The summed E-state index contributed by atoms with van der Waals surface area (Å²) in [5, 5.41) is 0. The van der Waals surface area contributed by atoms with Gasteiger partial charge >= 0.3 is 0 Å². The number of hydrogen-bond acceptors (Lipinski definition) is 4. The molecule has 1 fully saturated rings. The first-order valence-electron chi connectivity index (χ1n) is 4.01. The monoisotopic (exact) mass is 184 g/mol. The zero-order valence-corrected chi connectivity index (χ0v) is 6.89. The smallest absolute Gasteiger partial charge is 0.232 e. The number of rotatable bonds is 2. The van der Waals surface area contributed by atoms with Gasteiger partial charge in [-0.15, -0.1) is 0 Å². The van der Waals surface area contributed by atoms with Crippen LogP contribution in [-0.4, -0.2) is 35.5 Å². The normalized spacial score (nSPS) is 27.5. The van der Waals surface area contributed by atoms with Crippen LogP contribution in [0.15, 0.2) is 18.6 Å². The van der Waals surface area contributed by atoms with Gasteiger partial charge in [-0.25, -0.2) is 9.37 Å². The molecule has 0 N–H and O–H groups in total. The van der Waals surface area contributed by atoms with Gasteiger partial charge in [0.1, 0.15) is 0 Å². The molecular weight excluding hydrogens is 175 g/mol. The molecule has 0 amide bonds. The van der Waals surface area contributed by atoms with Crippen LogP contribution in [0.3, 0.4) is 0 Å². The largest absolute Gasteiger partial charge is 0.468 e. The van der Waals surface area contributed by atoms with E-state index in [1.54, 1.807) is 0 Å². The summed E-state index contributed by atoms with van der Waals surface area (Å²) in [5.41, 5.74) is 0. The molecule has 0 unspecified atom stereocenters. The van der Waals surface area contributed by atoms with Crippen LogP contribution in [0.4, 0.5) is 4.39 Å². The Balaban J connectivity index is 1.98. The summed E-state index contributed by atoms with van der Waals surface area (Å²) in [6, 6.07) is 0. The Morgan fingerprint density at radius 3 is 3.00 bits per heavy atom. The molecule has 4 nitrogen and oxygen atoms in total. The molecule has 5 heteroatoms. The second kappa shape index (κ2) is 3.66.